The second-order valence-corrected chi connectivity index (χ2v) is 1.54. The molecule has 0 aliphatic carbocycles. The number of rotatable bonds is 1. The van der Waals surface area contributed by atoms with Crippen molar-refractivity contribution in [3.05, 3.63) is 6.92 Å². The van der Waals surface area contributed by atoms with Crippen LogP contribution in [0.3, 0.4) is 0 Å². The zero-order valence-corrected chi connectivity index (χ0v) is 4.77. The predicted molar refractivity (Wildman–Crippen MR) is 28.7 cm³/mol. The molecule has 7 heavy (non-hydrogen) atoms. The molecule has 0 spiro atoms. The first-order valence-electron chi connectivity index (χ1n) is 2.18. The lowest BCUT2D eigenvalue weighted by molar-refractivity contribution is -0.127. The van der Waals surface area contributed by atoms with Gasteiger partial charge in [-0.3, -0.25) is 4.79 Å². The summed E-state index contributed by atoms with van der Waals surface area (Å²) in [5, 5.41) is 0. The third-order valence-corrected chi connectivity index (χ3v) is 0.713. The van der Waals surface area contributed by atoms with Crippen LogP contribution in [0.15, 0.2) is 0 Å². The van der Waals surface area contributed by atoms with Crippen LogP contribution in [0.2, 0.25) is 0 Å². The van der Waals surface area contributed by atoms with E-state index in [4.69, 9.17) is 0 Å². The molecule has 0 heterocycles. The van der Waals surface area contributed by atoms with Gasteiger partial charge in [0, 0.05) is 20.5 Å². The zero-order valence-electron chi connectivity index (χ0n) is 4.77. The van der Waals surface area contributed by atoms with E-state index in [1.54, 1.807) is 14.1 Å². The molecule has 2 nitrogen and oxygen atoms in total. The van der Waals surface area contributed by atoms with E-state index in [9.17, 15) is 4.79 Å². The molecule has 0 fully saturated rings. The third-order valence-electron chi connectivity index (χ3n) is 0.713. The Morgan fingerprint density at radius 3 is 2.14 bits per heavy atom. The van der Waals surface area contributed by atoms with Gasteiger partial charge in [-0.1, -0.05) is 0 Å². The Morgan fingerprint density at radius 2 is 2.14 bits per heavy atom. The molecule has 0 saturated carbocycles. The molecule has 1 amide bonds. The summed E-state index contributed by atoms with van der Waals surface area (Å²) in [6, 6.07) is 0. The maximum absolute atomic E-state index is 10.4. The average molecular weight is 100 g/mol. The minimum absolute atomic E-state index is 0.0694. The molecule has 0 N–H and O–H groups in total. The molecule has 0 aliphatic rings. The molecule has 41 valence electrons. The Morgan fingerprint density at radius 1 is 1.71 bits per heavy atom. The third kappa shape index (κ3) is 2.20. The Kier molecular flexibility index (Phi) is 2.41. The first-order chi connectivity index (χ1) is 3.18. The standard InChI is InChI=1S/C5H10NO/c1-4-5(7)6(2)3/h1,4H2,2-3H3. The fourth-order valence-electron chi connectivity index (χ4n) is 0.224. The van der Waals surface area contributed by atoms with Gasteiger partial charge in [-0.05, 0) is 6.92 Å². The van der Waals surface area contributed by atoms with E-state index in [1.807, 2.05) is 0 Å². The van der Waals surface area contributed by atoms with E-state index in [1.165, 1.54) is 4.90 Å². The van der Waals surface area contributed by atoms with Gasteiger partial charge in [-0.15, -0.1) is 0 Å². The zero-order chi connectivity index (χ0) is 5.86. The van der Waals surface area contributed by atoms with Gasteiger partial charge < -0.3 is 4.90 Å². The highest BCUT2D eigenvalue weighted by atomic mass is 16.2. The highest BCUT2D eigenvalue weighted by Crippen LogP contribution is 1.80. The van der Waals surface area contributed by atoms with Crippen LogP contribution < -0.4 is 0 Å². The fourth-order valence-corrected chi connectivity index (χ4v) is 0.224. The van der Waals surface area contributed by atoms with Crippen molar-refractivity contribution in [3.63, 3.8) is 0 Å². The van der Waals surface area contributed by atoms with Crippen LogP contribution in [0.25, 0.3) is 0 Å². The van der Waals surface area contributed by atoms with Crippen LogP contribution in [0, 0.1) is 6.92 Å². The van der Waals surface area contributed by atoms with Gasteiger partial charge in [0.1, 0.15) is 0 Å². The van der Waals surface area contributed by atoms with Gasteiger partial charge in [-0.25, -0.2) is 0 Å². The van der Waals surface area contributed by atoms with Gasteiger partial charge in [0.25, 0.3) is 0 Å². The smallest absolute Gasteiger partial charge is 0.222 e. The number of amides is 1. The maximum Gasteiger partial charge on any atom is 0.222 e. The largest absolute Gasteiger partial charge is 0.349 e. The summed E-state index contributed by atoms with van der Waals surface area (Å²) in [5.41, 5.74) is 0. The summed E-state index contributed by atoms with van der Waals surface area (Å²) >= 11 is 0. The quantitative estimate of drug-likeness (QED) is 0.464. The molecule has 0 atom stereocenters. The fraction of sp³-hybridized carbons (Fsp3) is 0.600. The van der Waals surface area contributed by atoms with Gasteiger partial charge in [0.05, 0.1) is 0 Å². The second-order valence-electron chi connectivity index (χ2n) is 1.54. The summed E-state index contributed by atoms with van der Waals surface area (Å²) < 4.78 is 0. The molecule has 1 radical (unpaired) electrons. The van der Waals surface area contributed by atoms with Crippen molar-refractivity contribution >= 4 is 5.91 Å². The van der Waals surface area contributed by atoms with Gasteiger partial charge in [0.15, 0.2) is 0 Å². The molecule has 0 unspecified atom stereocenters. The summed E-state index contributed by atoms with van der Waals surface area (Å²) in [6.45, 7) is 3.42. The van der Waals surface area contributed by atoms with Crippen LogP contribution in [-0.2, 0) is 4.79 Å². The topological polar surface area (TPSA) is 20.3 Å². The van der Waals surface area contributed by atoms with E-state index in [2.05, 4.69) is 6.92 Å². The molecule has 0 aromatic heterocycles. The molecule has 0 aromatic rings. The van der Waals surface area contributed by atoms with E-state index in [0.29, 0.717) is 6.42 Å². The second kappa shape index (κ2) is 2.61. The first kappa shape index (κ1) is 6.47. The first-order valence-corrected chi connectivity index (χ1v) is 2.18. The molecular formula is C5H10NO. The predicted octanol–water partition coefficient (Wildman–Crippen LogP) is 0.299. The lowest BCUT2D eigenvalue weighted by Gasteiger charge is -2.05. The van der Waals surface area contributed by atoms with E-state index in [0.717, 1.165) is 0 Å². The van der Waals surface area contributed by atoms with Gasteiger partial charge >= 0.3 is 0 Å². The minimum Gasteiger partial charge on any atom is -0.349 e. The maximum atomic E-state index is 10.4. The molecular weight excluding hydrogens is 90.1 g/mol. The van der Waals surface area contributed by atoms with E-state index in [-0.39, 0.29) is 5.91 Å². The van der Waals surface area contributed by atoms with Crippen molar-refractivity contribution in [2.45, 2.75) is 6.42 Å². The molecule has 0 rings (SSSR count). The Labute approximate surface area is 44.1 Å². The molecule has 0 bridgehead atoms. The van der Waals surface area contributed by atoms with Crippen molar-refractivity contribution in [3.8, 4) is 0 Å². The lowest BCUT2D eigenvalue weighted by Crippen LogP contribution is -2.19. The lowest BCUT2D eigenvalue weighted by atomic mass is 10.4. The number of hydrogen-bond acceptors (Lipinski definition) is 1. The van der Waals surface area contributed by atoms with Gasteiger partial charge in [0.2, 0.25) is 5.91 Å². The number of carbonyl (C=O) groups excluding carboxylic acids is 1. The normalized spacial score (nSPS) is 8.43. The molecule has 0 saturated heterocycles. The Hall–Kier alpha value is -0.530. The summed E-state index contributed by atoms with van der Waals surface area (Å²) in [7, 11) is 3.43. The SMILES string of the molecule is [CH2]CC(=O)N(C)C. The van der Waals surface area contributed by atoms with E-state index >= 15 is 0 Å². The summed E-state index contributed by atoms with van der Waals surface area (Å²) in [4.78, 5) is 11.9. The van der Waals surface area contributed by atoms with Crippen LogP contribution in [0.4, 0.5) is 0 Å². The highest BCUT2D eigenvalue weighted by Gasteiger charge is 1.95. The number of hydrogen-bond donors (Lipinski definition) is 0. The van der Waals surface area contributed by atoms with Crippen LogP contribution in [0.5, 0.6) is 0 Å². The van der Waals surface area contributed by atoms with Gasteiger partial charge in [-0.2, -0.15) is 0 Å². The van der Waals surface area contributed by atoms with Crippen LogP contribution in [-0.4, -0.2) is 24.9 Å². The van der Waals surface area contributed by atoms with Crippen LogP contribution >= 0.6 is 0 Å². The molecule has 0 aromatic carbocycles. The van der Waals surface area contributed by atoms with Crippen molar-refractivity contribution in [1.29, 1.82) is 0 Å². The number of carbonyl (C=O) groups is 1. The minimum atomic E-state index is 0.0694. The number of nitrogens with zero attached hydrogens (tertiary/aromatic N) is 1. The Balaban J connectivity index is 3.35. The van der Waals surface area contributed by atoms with Crippen LogP contribution in [0.1, 0.15) is 6.42 Å². The van der Waals surface area contributed by atoms with Crippen molar-refractivity contribution in [2.75, 3.05) is 14.1 Å². The molecule has 0 aliphatic heterocycles. The Bertz CT molecular complexity index is 68.5. The summed E-state index contributed by atoms with van der Waals surface area (Å²) in [5.74, 6) is 0.0694. The molecule has 2 heteroatoms. The van der Waals surface area contributed by atoms with Crippen molar-refractivity contribution in [1.82, 2.24) is 4.90 Å². The summed E-state index contributed by atoms with van der Waals surface area (Å²) in [6.07, 6.45) is 0.354. The van der Waals surface area contributed by atoms with Crippen molar-refractivity contribution < 1.29 is 4.79 Å². The monoisotopic (exact) mass is 100 g/mol. The highest BCUT2D eigenvalue weighted by molar-refractivity contribution is 5.75. The average Bonchev–Trinajstić information content (AvgIpc) is 1.65. The van der Waals surface area contributed by atoms with Crippen molar-refractivity contribution in [2.24, 2.45) is 0 Å². The van der Waals surface area contributed by atoms with E-state index < -0.39 is 0 Å².